The fourth-order valence-corrected chi connectivity index (χ4v) is 1.40. The zero-order valence-electron chi connectivity index (χ0n) is 8.22. The number of ketones is 1. The number of Topliss-reactive ketones (excluding diaryl/α,β-unsaturated/α-hetero) is 1. The highest BCUT2D eigenvalue weighted by Gasteiger charge is 2.16. The van der Waals surface area contributed by atoms with Crippen molar-refractivity contribution in [2.75, 3.05) is 0 Å². The quantitative estimate of drug-likeness (QED) is 0.796. The van der Waals surface area contributed by atoms with E-state index in [4.69, 9.17) is 0 Å². The first-order valence-corrected chi connectivity index (χ1v) is 5.21. The van der Waals surface area contributed by atoms with Gasteiger partial charge in [0.25, 0.3) is 0 Å². The van der Waals surface area contributed by atoms with Crippen LogP contribution in [-0.2, 0) is 4.79 Å². The van der Waals surface area contributed by atoms with E-state index in [1.165, 1.54) is 13.0 Å². The van der Waals surface area contributed by atoms with Gasteiger partial charge in [0.15, 0.2) is 0 Å². The summed E-state index contributed by atoms with van der Waals surface area (Å²) < 4.78 is 40.9. The van der Waals surface area contributed by atoms with E-state index in [1.807, 2.05) is 0 Å². The first kappa shape index (κ1) is 13.0. The van der Waals surface area contributed by atoms with E-state index in [0.717, 1.165) is 12.1 Å². The Morgan fingerprint density at radius 3 is 2.50 bits per heavy atom. The highest BCUT2D eigenvalue weighted by molar-refractivity contribution is 9.09. The van der Waals surface area contributed by atoms with Gasteiger partial charge in [0.1, 0.15) is 17.3 Å². The third-order valence-electron chi connectivity index (χ3n) is 1.77. The first-order chi connectivity index (χ1) is 7.40. The van der Waals surface area contributed by atoms with E-state index >= 15 is 0 Å². The van der Waals surface area contributed by atoms with Crippen LogP contribution >= 0.6 is 15.9 Å². The zero-order chi connectivity index (χ0) is 12.3. The van der Waals surface area contributed by atoms with Crippen LogP contribution in [0.1, 0.15) is 17.3 Å². The second-order valence-corrected chi connectivity index (χ2v) is 3.99. The number of alkyl halides is 3. The van der Waals surface area contributed by atoms with E-state index in [0.29, 0.717) is 0 Å². The molecule has 0 saturated carbocycles. The Morgan fingerprint density at radius 2 is 2.00 bits per heavy atom. The number of benzene rings is 1. The molecule has 2 nitrogen and oxygen atoms in total. The van der Waals surface area contributed by atoms with Gasteiger partial charge >= 0.3 is 6.61 Å². The molecule has 0 aliphatic rings. The Morgan fingerprint density at radius 1 is 1.38 bits per heavy atom. The fourth-order valence-electron chi connectivity index (χ4n) is 1.14. The fraction of sp³-hybridized carbons (Fsp3) is 0.300. The largest absolute Gasteiger partial charge is 0.435 e. The minimum atomic E-state index is -3.03. The van der Waals surface area contributed by atoms with Gasteiger partial charge in [0, 0.05) is 6.07 Å². The van der Waals surface area contributed by atoms with Crippen molar-refractivity contribution in [2.45, 2.75) is 18.4 Å². The molecular formula is C10H8BrF3O2. The standard InChI is InChI=1S/C10H8BrF3O2/c1-5(15)9(11)6-2-7(12)4-8(3-6)16-10(13)14/h2-4,9-10H,1H3. The summed E-state index contributed by atoms with van der Waals surface area (Å²) in [7, 11) is 0. The van der Waals surface area contributed by atoms with Crippen LogP contribution < -0.4 is 4.74 Å². The Balaban J connectivity index is 3.02. The minimum absolute atomic E-state index is 0.239. The molecular weight excluding hydrogens is 289 g/mol. The SMILES string of the molecule is CC(=O)C(Br)c1cc(F)cc(OC(F)F)c1. The average Bonchev–Trinajstić information content (AvgIpc) is 2.14. The third kappa shape index (κ3) is 3.52. The van der Waals surface area contributed by atoms with Crippen LogP contribution in [0.25, 0.3) is 0 Å². The highest BCUT2D eigenvalue weighted by atomic mass is 79.9. The average molecular weight is 297 g/mol. The summed E-state index contributed by atoms with van der Waals surface area (Å²) in [4.78, 5) is 10.3. The third-order valence-corrected chi connectivity index (χ3v) is 2.94. The minimum Gasteiger partial charge on any atom is -0.435 e. The van der Waals surface area contributed by atoms with Crippen LogP contribution in [0.5, 0.6) is 5.75 Å². The van der Waals surface area contributed by atoms with Crippen molar-refractivity contribution in [3.05, 3.63) is 29.6 Å². The molecule has 6 heteroatoms. The van der Waals surface area contributed by atoms with Crippen LogP contribution in [0.4, 0.5) is 13.2 Å². The maximum Gasteiger partial charge on any atom is 0.387 e. The lowest BCUT2D eigenvalue weighted by Gasteiger charge is -2.10. The number of hydrogen-bond donors (Lipinski definition) is 0. The lowest BCUT2D eigenvalue weighted by Crippen LogP contribution is -2.05. The first-order valence-electron chi connectivity index (χ1n) is 4.30. The molecule has 0 radical (unpaired) electrons. The van der Waals surface area contributed by atoms with E-state index in [9.17, 15) is 18.0 Å². The van der Waals surface area contributed by atoms with E-state index in [1.54, 1.807) is 0 Å². The Bertz CT molecular complexity index is 396. The Kier molecular flexibility index (Phi) is 4.35. The lowest BCUT2D eigenvalue weighted by molar-refractivity contribution is -0.116. The van der Waals surface area contributed by atoms with Crippen LogP contribution in [0.2, 0.25) is 0 Å². The van der Waals surface area contributed by atoms with Crippen molar-refractivity contribution in [3.63, 3.8) is 0 Å². The molecule has 0 fully saturated rings. The van der Waals surface area contributed by atoms with Crippen LogP contribution in [0.15, 0.2) is 18.2 Å². The molecule has 0 heterocycles. The summed E-state index contributed by atoms with van der Waals surface area (Å²) in [6.45, 7) is -1.72. The van der Waals surface area contributed by atoms with E-state index in [2.05, 4.69) is 20.7 Å². The molecule has 0 N–H and O–H groups in total. The second-order valence-electron chi connectivity index (χ2n) is 3.07. The van der Waals surface area contributed by atoms with Crippen LogP contribution in [0, 0.1) is 5.82 Å². The monoisotopic (exact) mass is 296 g/mol. The smallest absolute Gasteiger partial charge is 0.387 e. The molecule has 0 spiro atoms. The summed E-state index contributed by atoms with van der Waals surface area (Å²) in [5.41, 5.74) is 0.239. The molecule has 16 heavy (non-hydrogen) atoms. The van der Waals surface area contributed by atoms with Crippen LogP contribution in [-0.4, -0.2) is 12.4 Å². The van der Waals surface area contributed by atoms with Crippen molar-refractivity contribution >= 4 is 21.7 Å². The molecule has 1 atom stereocenters. The van der Waals surface area contributed by atoms with Gasteiger partial charge in [-0.2, -0.15) is 8.78 Å². The van der Waals surface area contributed by atoms with Crippen molar-refractivity contribution in [3.8, 4) is 5.75 Å². The number of carbonyl (C=O) groups excluding carboxylic acids is 1. The topological polar surface area (TPSA) is 26.3 Å². The van der Waals surface area contributed by atoms with Gasteiger partial charge < -0.3 is 4.74 Å². The molecule has 0 bridgehead atoms. The zero-order valence-corrected chi connectivity index (χ0v) is 9.80. The summed E-state index contributed by atoms with van der Waals surface area (Å²) in [5, 5.41) is 0. The summed E-state index contributed by atoms with van der Waals surface area (Å²) in [6, 6.07) is 3.10. The Hall–Kier alpha value is -1.04. The summed E-state index contributed by atoms with van der Waals surface area (Å²) in [5.74, 6) is -1.30. The van der Waals surface area contributed by atoms with Crippen molar-refractivity contribution in [1.29, 1.82) is 0 Å². The van der Waals surface area contributed by atoms with Crippen molar-refractivity contribution in [2.24, 2.45) is 0 Å². The lowest BCUT2D eigenvalue weighted by atomic mass is 10.1. The van der Waals surface area contributed by atoms with Gasteiger partial charge in [0.05, 0.1) is 4.83 Å². The van der Waals surface area contributed by atoms with Gasteiger partial charge in [-0.25, -0.2) is 4.39 Å². The molecule has 1 aromatic carbocycles. The van der Waals surface area contributed by atoms with E-state index in [-0.39, 0.29) is 17.1 Å². The van der Waals surface area contributed by atoms with Gasteiger partial charge in [-0.15, -0.1) is 0 Å². The molecule has 0 saturated heterocycles. The molecule has 1 rings (SSSR count). The Labute approximate surface area is 98.5 Å². The summed E-state index contributed by atoms with van der Waals surface area (Å²) >= 11 is 3.03. The van der Waals surface area contributed by atoms with Gasteiger partial charge in [-0.3, -0.25) is 4.79 Å². The molecule has 88 valence electrons. The molecule has 0 amide bonds. The molecule has 0 aromatic heterocycles. The number of halogens is 4. The number of hydrogen-bond acceptors (Lipinski definition) is 2. The normalized spacial score (nSPS) is 12.6. The van der Waals surface area contributed by atoms with Gasteiger partial charge in [0.2, 0.25) is 0 Å². The second kappa shape index (κ2) is 5.34. The maximum absolute atomic E-state index is 13.0. The summed E-state index contributed by atoms with van der Waals surface area (Å²) in [6.07, 6.45) is 0. The van der Waals surface area contributed by atoms with Crippen LogP contribution in [0.3, 0.4) is 0 Å². The van der Waals surface area contributed by atoms with E-state index < -0.39 is 17.3 Å². The van der Waals surface area contributed by atoms with Crippen molar-refractivity contribution in [1.82, 2.24) is 0 Å². The molecule has 0 aliphatic heterocycles. The van der Waals surface area contributed by atoms with Gasteiger partial charge in [-0.05, 0) is 24.6 Å². The predicted molar refractivity (Wildman–Crippen MR) is 55.4 cm³/mol. The molecule has 1 unspecified atom stereocenters. The number of rotatable bonds is 4. The predicted octanol–water partition coefficient (Wildman–Crippen LogP) is 3.45. The van der Waals surface area contributed by atoms with Gasteiger partial charge in [-0.1, -0.05) is 15.9 Å². The molecule has 1 aromatic rings. The number of ether oxygens (including phenoxy) is 1. The maximum atomic E-state index is 13.0. The molecule has 0 aliphatic carbocycles. The number of carbonyl (C=O) groups is 1. The highest BCUT2D eigenvalue weighted by Crippen LogP contribution is 2.28. The van der Waals surface area contributed by atoms with Crippen molar-refractivity contribution < 1.29 is 22.7 Å².